The molecule has 27 heavy (non-hydrogen) atoms. The lowest BCUT2D eigenvalue weighted by atomic mass is 10.2. The highest BCUT2D eigenvalue weighted by atomic mass is 127. The third-order valence-corrected chi connectivity index (χ3v) is 4.65. The van der Waals surface area contributed by atoms with Crippen molar-refractivity contribution in [3.8, 4) is 11.5 Å². The Hall–Kier alpha value is -1.55. The van der Waals surface area contributed by atoms with Crippen LogP contribution < -0.4 is 20.1 Å². The van der Waals surface area contributed by atoms with E-state index in [4.69, 9.17) is 9.47 Å². The summed E-state index contributed by atoms with van der Waals surface area (Å²) in [4.78, 5) is 8.89. The minimum Gasteiger partial charge on any atom is -0.493 e. The van der Waals surface area contributed by atoms with E-state index in [1.54, 1.807) is 25.5 Å². The largest absolute Gasteiger partial charge is 0.493 e. The second-order valence-corrected chi connectivity index (χ2v) is 6.96. The summed E-state index contributed by atoms with van der Waals surface area (Å²) >= 11 is 1.67. The summed E-state index contributed by atoms with van der Waals surface area (Å²) < 4.78 is 10.9. The van der Waals surface area contributed by atoms with Gasteiger partial charge in [-0.1, -0.05) is 19.9 Å². The second kappa shape index (κ2) is 12.0. The van der Waals surface area contributed by atoms with Crippen LogP contribution in [0.4, 0.5) is 0 Å². The number of benzene rings is 1. The Bertz CT molecular complexity index is 734. The average Bonchev–Trinajstić information content (AvgIpc) is 3.12. The van der Waals surface area contributed by atoms with E-state index in [0.717, 1.165) is 33.7 Å². The molecule has 0 saturated heterocycles. The van der Waals surface area contributed by atoms with Crippen molar-refractivity contribution in [1.29, 1.82) is 0 Å². The summed E-state index contributed by atoms with van der Waals surface area (Å²) in [6.07, 6.45) is 0. The van der Waals surface area contributed by atoms with Crippen LogP contribution in [0.5, 0.6) is 11.5 Å². The highest BCUT2D eigenvalue weighted by Crippen LogP contribution is 2.27. The summed E-state index contributed by atoms with van der Waals surface area (Å²) in [7, 11) is 3.41. The maximum Gasteiger partial charge on any atom is 0.191 e. The molecule has 150 valence electrons. The van der Waals surface area contributed by atoms with Crippen LogP contribution in [-0.4, -0.2) is 31.7 Å². The van der Waals surface area contributed by atoms with E-state index >= 15 is 0 Å². The molecule has 6 nitrogen and oxygen atoms in total. The molecule has 1 aromatic heterocycles. The van der Waals surface area contributed by atoms with Gasteiger partial charge < -0.3 is 20.1 Å². The molecule has 0 atom stereocenters. The molecule has 0 amide bonds. The first-order valence-corrected chi connectivity index (χ1v) is 9.63. The molecule has 2 N–H and O–H groups in total. The van der Waals surface area contributed by atoms with Crippen molar-refractivity contribution in [3.63, 3.8) is 0 Å². The number of thiazole rings is 1. The summed E-state index contributed by atoms with van der Waals surface area (Å²) in [5.41, 5.74) is 2.22. The molecule has 1 aromatic carbocycles. The molecule has 0 aliphatic carbocycles. The smallest absolute Gasteiger partial charge is 0.191 e. The van der Waals surface area contributed by atoms with E-state index in [1.807, 2.05) is 25.1 Å². The first-order chi connectivity index (χ1) is 12.6. The van der Waals surface area contributed by atoms with Crippen LogP contribution in [0.3, 0.4) is 0 Å². The molecule has 0 radical (unpaired) electrons. The van der Waals surface area contributed by atoms with Crippen LogP contribution in [0.25, 0.3) is 0 Å². The van der Waals surface area contributed by atoms with E-state index in [9.17, 15) is 0 Å². The first-order valence-electron chi connectivity index (χ1n) is 8.75. The standard InChI is InChI=1S/C19H28N4O2S.HI/c1-6-25-16-8-7-14(9-17(16)24-5)10-21-19(20-4)22-11-18-23-15(12-26-18)13(2)3;/h7-9,12-13H,6,10-11H2,1-5H3,(H2,20,21,22);1H. The number of rotatable bonds is 8. The number of nitrogens with one attached hydrogen (secondary N) is 2. The van der Waals surface area contributed by atoms with Crippen LogP contribution >= 0.6 is 35.3 Å². The third kappa shape index (κ3) is 7.17. The number of nitrogens with zero attached hydrogens (tertiary/aromatic N) is 2. The monoisotopic (exact) mass is 504 g/mol. The van der Waals surface area contributed by atoms with Gasteiger partial charge in [-0.15, -0.1) is 35.3 Å². The fraction of sp³-hybridized carbons (Fsp3) is 0.474. The maximum atomic E-state index is 5.55. The number of aromatic nitrogens is 1. The third-order valence-electron chi connectivity index (χ3n) is 3.78. The molecular formula is C19H29IN4O2S. The van der Waals surface area contributed by atoms with Crippen molar-refractivity contribution in [2.24, 2.45) is 4.99 Å². The number of methoxy groups -OCH3 is 1. The molecule has 0 aliphatic rings. The summed E-state index contributed by atoms with van der Waals surface area (Å²) in [5, 5.41) is 9.78. The fourth-order valence-corrected chi connectivity index (χ4v) is 3.23. The van der Waals surface area contributed by atoms with Gasteiger partial charge in [0.25, 0.3) is 0 Å². The molecule has 0 saturated carbocycles. The Balaban J connectivity index is 0.00000364. The topological polar surface area (TPSA) is 67.8 Å². The summed E-state index contributed by atoms with van der Waals surface area (Å²) in [5.74, 6) is 2.68. The molecule has 0 unspecified atom stereocenters. The van der Waals surface area contributed by atoms with Gasteiger partial charge in [0.1, 0.15) is 5.01 Å². The number of guanidine groups is 1. The lowest BCUT2D eigenvalue weighted by molar-refractivity contribution is 0.310. The van der Waals surface area contributed by atoms with Crippen molar-refractivity contribution >= 4 is 41.3 Å². The van der Waals surface area contributed by atoms with Crippen LogP contribution in [0, 0.1) is 0 Å². The number of hydrogen-bond acceptors (Lipinski definition) is 5. The Labute approximate surface area is 182 Å². The predicted molar refractivity (Wildman–Crippen MR) is 123 cm³/mol. The highest BCUT2D eigenvalue weighted by molar-refractivity contribution is 14.0. The number of halogens is 1. The Morgan fingerprint density at radius 2 is 1.96 bits per heavy atom. The Morgan fingerprint density at radius 3 is 2.56 bits per heavy atom. The van der Waals surface area contributed by atoms with Crippen molar-refractivity contribution in [2.45, 2.75) is 39.8 Å². The predicted octanol–water partition coefficient (Wildman–Crippen LogP) is 4.16. The molecule has 0 spiro atoms. The van der Waals surface area contributed by atoms with E-state index in [1.165, 1.54) is 0 Å². The van der Waals surface area contributed by atoms with Crippen LogP contribution in [-0.2, 0) is 13.1 Å². The summed E-state index contributed by atoms with van der Waals surface area (Å²) in [6.45, 7) is 8.16. The van der Waals surface area contributed by atoms with Gasteiger partial charge in [-0.2, -0.15) is 0 Å². The van der Waals surface area contributed by atoms with Crippen LogP contribution in [0.15, 0.2) is 28.6 Å². The minimum atomic E-state index is 0. The molecule has 1 heterocycles. The SMILES string of the molecule is CCOc1ccc(CNC(=NC)NCc2nc(C(C)C)cs2)cc1OC.I. The molecular weight excluding hydrogens is 475 g/mol. The zero-order valence-electron chi connectivity index (χ0n) is 16.5. The van der Waals surface area contributed by atoms with E-state index in [2.05, 4.69) is 39.8 Å². The highest BCUT2D eigenvalue weighted by Gasteiger charge is 2.08. The van der Waals surface area contributed by atoms with Crippen LogP contribution in [0.2, 0.25) is 0 Å². The normalized spacial score (nSPS) is 11.1. The van der Waals surface area contributed by atoms with E-state index in [0.29, 0.717) is 25.6 Å². The zero-order valence-corrected chi connectivity index (χ0v) is 19.7. The number of aliphatic imine (C=N–C) groups is 1. The van der Waals surface area contributed by atoms with Crippen molar-refractivity contribution in [3.05, 3.63) is 39.8 Å². The molecule has 2 aromatic rings. The minimum absolute atomic E-state index is 0. The van der Waals surface area contributed by atoms with Crippen molar-refractivity contribution < 1.29 is 9.47 Å². The second-order valence-electron chi connectivity index (χ2n) is 6.02. The van der Waals surface area contributed by atoms with Crippen molar-refractivity contribution in [2.75, 3.05) is 20.8 Å². The first kappa shape index (κ1) is 23.5. The lowest BCUT2D eigenvalue weighted by Crippen LogP contribution is -2.36. The average molecular weight is 504 g/mol. The Kier molecular flexibility index (Phi) is 10.5. The fourth-order valence-electron chi connectivity index (χ4n) is 2.33. The van der Waals surface area contributed by atoms with Gasteiger partial charge in [-0.3, -0.25) is 4.99 Å². The van der Waals surface area contributed by atoms with Crippen molar-refractivity contribution in [1.82, 2.24) is 15.6 Å². The van der Waals surface area contributed by atoms with Gasteiger partial charge in [0, 0.05) is 19.0 Å². The molecule has 0 aliphatic heterocycles. The van der Waals surface area contributed by atoms with E-state index < -0.39 is 0 Å². The molecule has 0 fully saturated rings. The summed E-state index contributed by atoms with van der Waals surface area (Å²) in [6, 6.07) is 5.92. The van der Waals surface area contributed by atoms with E-state index in [-0.39, 0.29) is 24.0 Å². The van der Waals surface area contributed by atoms with Gasteiger partial charge in [0.2, 0.25) is 0 Å². The molecule has 8 heteroatoms. The van der Waals surface area contributed by atoms with Gasteiger partial charge >= 0.3 is 0 Å². The van der Waals surface area contributed by atoms with Gasteiger partial charge in [-0.25, -0.2) is 4.98 Å². The maximum absolute atomic E-state index is 5.55. The van der Waals surface area contributed by atoms with Gasteiger partial charge in [-0.05, 0) is 30.5 Å². The zero-order chi connectivity index (χ0) is 18.9. The quantitative estimate of drug-likeness (QED) is 0.321. The lowest BCUT2D eigenvalue weighted by Gasteiger charge is -2.13. The van der Waals surface area contributed by atoms with Gasteiger partial charge in [0.15, 0.2) is 17.5 Å². The molecule has 2 rings (SSSR count). The van der Waals surface area contributed by atoms with Gasteiger partial charge in [0.05, 0.1) is 26.0 Å². The number of ether oxygens (including phenoxy) is 2. The van der Waals surface area contributed by atoms with Crippen LogP contribution in [0.1, 0.15) is 43.0 Å². The Morgan fingerprint density at radius 1 is 1.22 bits per heavy atom. The molecule has 0 bridgehead atoms. The number of hydrogen-bond donors (Lipinski definition) is 2.